The molecule has 1 amide bonds. The van der Waals surface area contributed by atoms with Gasteiger partial charge in [0, 0.05) is 32.1 Å². The lowest BCUT2D eigenvalue weighted by Gasteiger charge is -2.35. The number of ether oxygens (including phenoxy) is 3. The number of methoxy groups -OCH3 is 2. The van der Waals surface area contributed by atoms with Gasteiger partial charge >= 0.3 is 0 Å². The molecule has 2 atom stereocenters. The first-order valence-corrected chi connectivity index (χ1v) is 7.91. The first-order valence-electron chi connectivity index (χ1n) is 7.91. The summed E-state index contributed by atoms with van der Waals surface area (Å²) in [6.07, 6.45) is 0.862. The Morgan fingerprint density at radius 1 is 1.26 bits per heavy atom. The molecule has 0 aliphatic carbocycles. The molecule has 0 spiro atoms. The second kappa shape index (κ2) is 8.17. The number of nitrogens with zero attached hydrogens (tertiary/aromatic N) is 1. The molecule has 1 aromatic carbocycles. The number of nitrogens with one attached hydrogen (secondary N) is 1. The van der Waals surface area contributed by atoms with Crippen molar-refractivity contribution in [2.24, 2.45) is 0 Å². The van der Waals surface area contributed by atoms with E-state index >= 15 is 0 Å². The van der Waals surface area contributed by atoms with Crippen LogP contribution < -0.4 is 14.8 Å². The average molecular weight is 322 g/mol. The maximum absolute atomic E-state index is 12.2. The molecular weight excluding hydrogens is 296 g/mol. The first-order chi connectivity index (χ1) is 11.0. The average Bonchev–Trinajstić information content (AvgIpc) is 2.52. The molecule has 0 saturated carbocycles. The molecule has 1 saturated heterocycles. The minimum Gasteiger partial charge on any atom is -0.497 e. The monoisotopic (exact) mass is 322 g/mol. The van der Waals surface area contributed by atoms with Gasteiger partial charge in [-0.3, -0.25) is 9.69 Å². The fraction of sp³-hybridized carbons (Fsp3) is 0.588. The van der Waals surface area contributed by atoms with Crippen molar-refractivity contribution in [1.29, 1.82) is 0 Å². The molecule has 0 aromatic heterocycles. The van der Waals surface area contributed by atoms with E-state index in [1.54, 1.807) is 32.4 Å². The third-order valence-corrected chi connectivity index (χ3v) is 3.83. The summed E-state index contributed by atoms with van der Waals surface area (Å²) >= 11 is 0. The van der Waals surface area contributed by atoms with Crippen molar-refractivity contribution in [3.8, 4) is 11.5 Å². The lowest BCUT2D eigenvalue weighted by atomic mass is 10.2. The van der Waals surface area contributed by atoms with Gasteiger partial charge < -0.3 is 19.5 Å². The fourth-order valence-electron chi connectivity index (χ4n) is 2.84. The molecule has 0 bridgehead atoms. The van der Waals surface area contributed by atoms with Gasteiger partial charge in [-0.25, -0.2) is 0 Å². The summed E-state index contributed by atoms with van der Waals surface area (Å²) in [5, 5.41) is 2.90. The van der Waals surface area contributed by atoms with Crippen molar-refractivity contribution in [3.63, 3.8) is 0 Å². The van der Waals surface area contributed by atoms with Crippen LogP contribution in [0.2, 0.25) is 0 Å². The van der Waals surface area contributed by atoms with Crippen molar-refractivity contribution in [2.75, 3.05) is 39.2 Å². The van der Waals surface area contributed by atoms with E-state index < -0.39 is 0 Å². The Morgan fingerprint density at radius 3 is 2.57 bits per heavy atom. The van der Waals surface area contributed by atoms with Crippen LogP contribution in [-0.4, -0.2) is 56.9 Å². The Hall–Kier alpha value is -1.79. The standard InChI is InChI=1S/C17H26N2O4/c1-12-10-19(11-13(2)23-12)8-7-17(20)18-15-6-5-14(21-3)9-16(15)22-4/h5-6,9,12-13H,7-8,10-11H2,1-4H3,(H,18,20)/t12-,13-/m0/s1. The highest BCUT2D eigenvalue weighted by molar-refractivity contribution is 5.92. The van der Waals surface area contributed by atoms with Crippen LogP contribution in [0.25, 0.3) is 0 Å². The summed E-state index contributed by atoms with van der Waals surface area (Å²) in [7, 11) is 3.16. The molecule has 6 heteroatoms. The van der Waals surface area contributed by atoms with Crippen LogP contribution in [0.5, 0.6) is 11.5 Å². The predicted octanol–water partition coefficient (Wildman–Crippen LogP) is 2.14. The largest absolute Gasteiger partial charge is 0.497 e. The van der Waals surface area contributed by atoms with Gasteiger partial charge in [-0.15, -0.1) is 0 Å². The Kier molecular flexibility index (Phi) is 6.24. The van der Waals surface area contributed by atoms with Gasteiger partial charge in [0.05, 0.1) is 32.1 Å². The molecule has 0 unspecified atom stereocenters. The van der Waals surface area contributed by atoms with Gasteiger partial charge in [-0.2, -0.15) is 0 Å². The maximum atomic E-state index is 12.2. The maximum Gasteiger partial charge on any atom is 0.225 e. The van der Waals surface area contributed by atoms with E-state index in [1.165, 1.54) is 0 Å². The quantitative estimate of drug-likeness (QED) is 0.869. The highest BCUT2D eigenvalue weighted by Crippen LogP contribution is 2.29. The second-order valence-electron chi connectivity index (χ2n) is 5.88. The van der Waals surface area contributed by atoms with E-state index in [0.717, 1.165) is 19.6 Å². The second-order valence-corrected chi connectivity index (χ2v) is 5.88. The van der Waals surface area contributed by atoms with Crippen molar-refractivity contribution in [3.05, 3.63) is 18.2 Å². The highest BCUT2D eigenvalue weighted by Gasteiger charge is 2.22. The summed E-state index contributed by atoms with van der Waals surface area (Å²) < 4.78 is 16.1. The number of hydrogen-bond donors (Lipinski definition) is 1. The minimum absolute atomic E-state index is 0.0275. The number of rotatable bonds is 6. The van der Waals surface area contributed by atoms with E-state index in [-0.39, 0.29) is 18.1 Å². The molecule has 6 nitrogen and oxygen atoms in total. The van der Waals surface area contributed by atoms with Gasteiger partial charge in [-0.05, 0) is 26.0 Å². The summed E-state index contributed by atoms with van der Waals surface area (Å²) in [5.74, 6) is 1.25. The molecule has 1 N–H and O–H groups in total. The van der Waals surface area contributed by atoms with Crippen LogP contribution in [0.1, 0.15) is 20.3 Å². The number of carbonyl (C=O) groups is 1. The Balaban J connectivity index is 1.87. The zero-order chi connectivity index (χ0) is 16.8. The first kappa shape index (κ1) is 17.6. The number of benzene rings is 1. The lowest BCUT2D eigenvalue weighted by molar-refractivity contribution is -0.117. The molecule has 2 rings (SSSR count). The third kappa shape index (κ3) is 5.11. The lowest BCUT2D eigenvalue weighted by Crippen LogP contribution is -2.46. The fourth-order valence-corrected chi connectivity index (χ4v) is 2.84. The van der Waals surface area contributed by atoms with Crippen LogP contribution in [0.15, 0.2) is 18.2 Å². The third-order valence-electron chi connectivity index (χ3n) is 3.83. The molecule has 1 aliphatic heterocycles. The van der Waals surface area contributed by atoms with E-state index in [2.05, 4.69) is 24.1 Å². The number of amides is 1. The van der Waals surface area contributed by atoms with Crippen molar-refractivity contribution < 1.29 is 19.0 Å². The molecule has 23 heavy (non-hydrogen) atoms. The number of morpholine rings is 1. The van der Waals surface area contributed by atoms with Crippen LogP contribution in [0, 0.1) is 0 Å². The Labute approximate surface area is 137 Å². The SMILES string of the molecule is COc1ccc(NC(=O)CCN2C[C@H](C)O[C@@H](C)C2)c(OC)c1. The van der Waals surface area contributed by atoms with Crippen LogP contribution >= 0.6 is 0 Å². The molecule has 128 valence electrons. The van der Waals surface area contributed by atoms with Crippen LogP contribution in [-0.2, 0) is 9.53 Å². The molecule has 1 heterocycles. The zero-order valence-corrected chi connectivity index (χ0v) is 14.3. The van der Waals surface area contributed by atoms with Crippen LogP contribution in [0.4, 0.5) is 5.69 Å². The normalized spacial score (nSPS) is 21.7. The van der Waals surface area contributed by atoms with Crippen molar-refractivity contribution in [1.82, 2.24) is 4.90 Å². The van der Waals surface area contributed by atoms with Gasteiger partial charge in [0.2, 0.25) is 5.91 Å². The summed E-state index contributed by atoms with van der Waals surface area (Å²) in [4.78, 5) is 14.5. The molecule has 1 aliphatic rings. The van der Waals surface area contributed by atoms with Gasteiger partial charge in [0.15, 0.2) is 0 Å². The zero-order valence-electron chi connectivity index (χ0n) is 14.3. The van der Waals surface area contributed by atoms with Crippen LogP contribution in [0.3, 0.4) is 0 Å². The van der Waals surface area contributed by atoms with Gasteiger partial charge in [0.25, 0.3) is 0 Å². The summed E-state index contributed by atoms with van der Waals surface area (Å²) in [5.41, 5.74) is 0.655. The molecule has 1 fully saturated rings. The summed E-state index contributed by atoms with van der Waals surface area (Å²) in [6.45, 7) is 6.57. The van der Waals surface area contributed by atoms with E-state index in [9.17, 15) is 4.79 Å². The number of carbonyl (C=O) groups excluding carboxylic acids is 1. The Bertz CT molecular complexity index is 525. The Morgan fingerprint density at radius 2 is 1.96 bits per heavy atom. The smallest absolute Gasteiger partial charge is 0.225 e. The minimum atomic E-state index is -0.0275. The molecule has 1 aromatic rings. The van der Waals surface area contributed by atoms with Gasteiger partial charge in [-0.1, -0.05) is 0 Å². The predicted molar refractivity (Wildman–Crippen MR) is 89.2 cm³/mol. The van der Waals surface area contributed by atoms with Crippen molar-refractivity contribution >= 4 is 11.6 Å². The van der Waals surface area contributed by atoms with Crippen molar-refractivity contribution in [2.45, 2.75) is 32.5 Å². The summed E-state index contributed by atoms with van der Waals surface area (Å²) in [6, 6.07) is 5.33. The topological polar surface area (TPSA) is 60.0 Å². The van der Waals surface area contributed by atoms with E-state index in [4.69, 9.17) is 14.2 Å². The van der Waals surface area contributed by atoms with E-state index in [1.807, 2.05) is 0 Å². The van der Waals surface area contributed by atoms with E-state index in [0.29, 0.717) is 23.6 Å². The molecule has 0 radical (unpaired) electrons. The van der Waals surface area contributed by atoms with Gasteiger partial charge in [0.1, 0.15) is 11.5 Å². The molecular formula is C17H26N2O4. The number of hydrogen-bond acceptors (Lipinski definition) is 5. The number of anilines is 1. The highest BCUT2D eigenvalue weighted by atomic mass is 16.5.